The topological polar surface area (TPSA) is 29.1 Å². The van der Waals surface area contributed by atoms with E-state index in [1.165, 1.54) is 0 Å². The molecule has 1 aliphatic heterocycles. The monoisotopic (exact) mass is 383 g/mol. The predicted molar refractivity (Wildman–Crippen MR) is 90.7 cm³/mol. The summed E-state index contributed by atoms with van der Waals surface area (Å²) in [6, 6.07) is 12.9. The van der Waals surface area contributed by atoms with Crippen LogP contribution >= 0.6 is 39.1 Å². The third-order valence-corrected chi connectivity index (χ3v) is 5.39. The second-order valence-electron chi connectivity index (χ2n) is 5.12. The molecule has 0 amide bonds. The quantitative estimate of drug-likeness (QED) is 0.607. The van der Waals surface area contributed by atoms with Gasteiger partial charge in [-0.05, 0) is 41.8 Å². The van der Waals surface area contributed by atoms with Gasteiger partial charge in [0.25, 0.3) is 0 Å². The SMILES string of the molecule is O=CC1Nc2cc(Cl)ccc2C1(Br)Cc1cccc(Cl)c1. The lowest BCUT2D eigenvalue weighted by Crippen LogP contribution is -2.36. The van der Waals surface area contributed by atoms with E-state index < -0.39 is 4.32 Å². The second kappa shape index (κ2) is 5.64. The van der Waals surface area contributed by atoms with E-state index in [9.17, 15) is 4.79 Å². The number of aldehydes is 1. The van der Waals surface area contributed by atoms with E-state index in [4.69, 9.17) is 23.2 Å². The van der Waals surface area contributed by atoms with Crippen LogP contribution in [0.1, 0.15) is 11.1 Å². The van der Waals surface area contributed by atoms with Gasteiger partial charge in [0.1, 0.15) is 12.3 Å². The van der Waals surface area contributed by atoms with Gasteiger partial charge in [-0.25, -0.2) is 0 Å². The molecule has 0 bridgehead atoms. The van der Waals surface area contributed by atoms with Gasteiger partial charge in [0.05, 0.1) is 4.32 Å². The Balaban J connectivity index is 2.03. The number of hydrogen-bond donors (Lipinski definition) is 1. The number of fused-ring (bicyclic) bond motifs is 1. The van der Waals surface area contributed by atoms with Crippen molar-refractivity contribution in [2.75, 3.05) is 5.32 Å². The molecule has 0 aromatic heterocycles. The Kier molecular flexibility index (Phi) is 4.00. The highest BCUT2D eigenvalue weighted by Gasteiger charge is 2.45. The lowest BCUT2D eigenvalue weighted by Gasteiger charge is -2.26. The summed E-state index contributed by atoms with van der Waals surface area (Å²) in [5, 5.41) is 4.55. The van der Waals surface area contributed by atoms with Gasteiger partial charge in [-0.15, -0.1) is 0 Å². The van der Waals surface area contributed by atoms with Crippen LogP contribution in [0.25, 0.3) is 0 Å². The van der Waals surface area contributed by atoms with Crippen molar-refractivity contribution in [3.05, 3.63) is 63.6 Å². The number of benzene rings is 2. The van der Waals surface area contributed by atoms with Crippen molar-refractivity contribution in [3.63, 3.8) is 0 Å². The molecular weight excluding hydrogens is 373 g/mol. The standard InChI is InChI=1S/C16H12BrCl2NO/c17-16(8-10-2-1-3-11(18)6-10)13-5-4-12(19)7-14(13)20-15(16)9-21/h1-7,9,15,20H,8H2. The van der Waals surface area contributed by atoms with E-state index in [-0.39, 0.29) is 6.04 Å². The van der Waals surface area contributed by atoms with Crippen LogP contribution in [0, 0.1) is 0 Å². The van der Waals surface area contributed by atoms with E-state index in [2.05, 4.69) is 21.2 Å². The fourth-order valence-corrected chi connectivity index (χ4v) is 4.02. The molecule has 2 aromatic rings. The molecule has 2 nitrogen and oxygen atoms in total. The average Bonchev–Trinajstić information content (AvgIpc) is 2.70. The average molecular weight is 385 g/mol. The van der Waals surface area contributed by atoms with Gasteiger partial charge in [0, 0.05) is 15.7 Å². The van der Waals surface area contributed by atoms with Crippen molar-refractivity contribution < 1.29 is 4.79 Å². The molecule has 2 unspecified atom stereocenters. The Hall–Kier alpha value is -1.03. The van der Waals surface area contributed by atoms with E-state index >= 15 is 0 Å². The van der Waals surface area contributed by atoms with Crippen LogP contribution in [0.15, 0.2) is 42.5 Å². The smallest absolute Gasteiger partial charge is 0.143 e. The van der Waals surface area contributed by atoms with Gasteiger partial charge in [-0.3, -0.25) is 0 Å². The summed E-state index contributed by atoms with van der Waals surface area (Å²) in [5.74, 6) is 0. The first-order chi connectivity index (χ1) is 10.0. The molecule has 2 aromatic carbocycles. The summed E-state index contributed by atoms with van der Waals surface area (Å²) in [6.45, 7) is 0. The first-order valence-corrected chi connectivity index (χ1v) is 8.03. The number of carbonyl (C=O) groups is 1. The normalized spacial score (nSPS) is 23.5. The Bertz CT molecular complexity index is 706. The molecule has 0 aliphatic carbocycles. The van der Waals surface area contributed by atoms with Gasteiger partial charge in [-0.1, -0.05) is 57.3 Å². The molecule has 0 saturated carbocycles. The van der Waals surface area contributed by atoms with Crippen LogP contribution in [-0.2, 0) is 15.5 Å². The van der Waals surface area contributed by atoms with Gasteiger partial charge >= 0.3 is 0 Å². The molecule has 1 N–H and O–H groups in total. The fraction of sp³-hybridized carbons (Fsp3) is 0.188. The Morgan fingerprint density at radius 2 is 1.95 bits per heavy atom. The van der Waals surface area contributed by atoms with Crippen molar-refractivity contribution in [1.82, 2.24) is 0 Å². The van der Waals surface area contributed by atoms with Gasteiger partial charge in [-0.2, -0.15) is 0 Å². The summed E-state index contributed by atoms with van der Waals surface area (Å²) < 4.78 is -0.501. The summed E-state index contributed by atoms with van der Waals surface area (Å²) in [6.07, 6.45) is 1.58. The van der Waals surface area contributed by atoms with Crippen LogP contribution in [0.2, 0.25) is 10.0 Å². The summed E-state index contributed by atoms with van der Waals surface area (Å²) in [4.78, 5) is 11.5. The number of nitrogens with one attached hydrogen (secondary N) is 1. The molecule has 3 rings (SSSR count). The summed E-state index contributed by atoms with van der Waals surface area (Å²) in [5.41, 5.74) is 2.98. The molecule has 0 saturated heterocycles. The van der Waals surface area contributed by atoms with Crippen LogP contribution in [0.5, 0.6) is 0 Å². The highest BCUT2D eigenvalue weighted by atomic mass is 79.9. The Labute approximate surface area is 141 Å². The lowest BCUT2D eigenvalue weighted by molar-refractivity contribution is -0.108. The molecule has 1 aliphatic rings. The largest absolute Gasteiger partial charge is 0.374 e. The molecule has 21 heavy (non-hydrogen) atoms. The van der Waals surface area contributed by atoms with Crippen molar-refractivity contribution in [2.45, 2.75) is 16.8 Å². The van der Waals surface area contributed by atoms with Gasteiger partial charge in [0.2, 0.25) is 0 Å². The van der Waals surface area contributed by atoms with E-state index in [1.54, 1.807) is 0 Å². The lowest BCUT2D eigenvalue weighted by atomic mass is 9.89. The number of carbonyl (C=O) groups excluding carboxylic acids is 1. The van der Waals surface area contributed by atoms with Crippen LogP contribution in [-0.4, -0.2) is 12.3 Å². The maximum absolute atomic E-state index is 11.5. The van der Waals surface area contributed by atoms with Crippen molar-refractivity contribution >= 4 is 51.1 Å². The van der Waals surface area contributed by atoms with E-state index in [0.29, 0.717) is 16.5 Å². The maximum Gasteiger partial charge on any atom is 0.143 e. The van der Waals surface area contributed by atoms with E-state index in [0.717, 1.165) is 23.1 Å². The van der Waals surface area contributed by atoms with Crippen molar-refractivity contribution in [3.8, 4) is 0 Å². The number of anilines is 1. The minimum absolute atomic E-state index is 0.357. The Morgan fingerprint density at radius 3 is 2.67 bits per heavy atom. The number of alkyl halides is 1. The summed E-state index contributed by atoms with van der Waals surface area (Å²) in [7, 11) is 0. The van der Waals surface area contributed by atoms with E-state index in [1.807, 2.05) is 42.5 Å². The van der Waals surface area contributed by atoms with Crippen molar-refractivity contribution in [2.24, 2.45) is 0 Å². The van der Waals surface area contributed by atoms with Crippen LogP contribution in [0.4, 0.5) is 5.69 Å². The first-order valence-electron chi connectivity index (χ1n) is 6.48. The molecule has 1 heterocycles. The first kappa shape index (κ1) is 14.9. The molecule has 108 valence electrons. The van der Waals surface area contributed by atoms with Gasteiger partial charge < -0.3 is 10.1 Å². The second-order valence-corrected chi connectivity index (χ2v) is 7.41. The maximum atomic E-state index is 11.5. The summed E-state index contributed by atoms with van der Waals surface area (Å²) >= 11 is 15.9. The number of rotatable bonds is 3. The number of hydrogen-bond acceptors (Lipinski definition) is 2. The Morgan fingerprint density at radius 1 is 1.19 bits per heavy atom. The minimum Gasteiger partial charge on any atom is -0.374 e. The zero-order valence-corrected chi connectivity index (χ0v) is 14.0. The third kappa shape index (κ3) is 2.70. The zero-order valence-electron chi connectivity index (χ0n) is 10.9. The molecular formula is C16H12BrCl2NO. The highest BCUT2D eigenvalue weighted by molar-refractivity contribution is 9.09. The number of halogens is 3. The molecule has 2 atom stereocenters. The molecule has 0 radical (unpaired) electrons. The van der Waals surface area contributed by atoms with Crippen LogP contribution < -0.4 is 5.32 Å². The fourth-order valence-electron chi connectivity index (χ4n) is 2.74. The zero-order chi connectivity index (χ0) is 15.0. The third-order valence-electron chi connectivity index (χ3n) is 3.72. The van der Waals surface area contributed by atoms with Crippen molar-refractivity contribution in [1.29, 1.82) is 0 Å². The predicted octanol–water partition coefficient (Wildman–Crippen LogP) is 4.82. The minimum atomic E-state index is -0.501. The molecule has 0 fully saturated rings. The molecule has 0 spiro atoms. The highest BCUT2D eigenvalue weighted by Crippen LogP contribution is 2.48. The molecule has 5 heteroatoms. The van der Waals surface area contributed by atoms with Crippen LogP contribution in [0.3, 0.4) is 0 Å². The van der Waals surface area contributed by atoms with Gasteiger partial charge in [0.15, 0.2) is 0 Å².